The van der Waals surface area contributed by atoms with Crippen LogP contribution in [0.5, 0.6) is 5.75 Å². The zero-order valence-electron chi connectivity index (χ0n) is 18.0. The molecule has 0 spiro atoms. The van der Waals surface area contributed by atoms with Crippen molar-refractivity contribution in [3.63, 3.8) is 0 Å². The number of hydrogen-bond acceptors (Lipinski definition) is 2. The van der Waals surface area contributed by atoms with Crippen molar-refractivity contribution in [3.05, 3.63) is 30.5 Å². The summed E-state index contributed by atoms with van der Waals surface area (Å²) in [4.78, 5) is 2.62. The first-order valence-electron chi connectivity index (χ1n) is 11.8. The highest BCUT2D eigenvalue weighted by Gasteiger charge is 2.08. The van der Waals surface area contributed by atoms with Crippen molar-refractivity contribution in [1.82, 2.24) is 9.47 Å². The maximum absolute atomic E-state index is 6.09. The number of aryl methyl sites for hydroxylation is 1. The van der Waals surface area contributed by atoms with Crippen LogP contribution in [0, 0.1) is 0 Å². The van der Waals surface area contributed by atoms with Gasteiger partial charge in [-0.15, -0.1) is 0 Å². The molecule has 0 bridgehead atoms. The molecular formula is C25H40N2O. The summed E-state index contributed by atoms with van der Waals surface area (Å²) in [7, 11) is 0. The Morgan fingerprint density at radius 1 is 0.821 bits per heavy atom. The van der Waals surface area contributed by atoms with Crippen LogP contribution in [0.3, 0.4) is 0 Å². The van der Waals surface area contributed by atoms with Crippen molar-refractivity contribution in [1.29, 1.82) is 0 Å². The molecule has 1 aromatic heterocycles. The summed E-state index contributed by atoms with van der Waals surface area (Å²) in [6.07, 6.45) is 17.0. The van der Waals surface area contributed by atoms with Crippen LogP contribution in [0.4, 0.5) is 0 Å². The van der Waals surface area contributed by atoms with E-state index in [1.165, 1.54) is 94.7 Å². The number of rotatable bonds is 12. The molecule has 1 aliphatic heterocycles. The van der Waals surface area contributed by atoms with E-state index < -0.39 is 0 Å². The van der Waals surface area contributed by atoms with Gasteiger partial charge in [-0.1, -0.05) is 51.9 Å². The number of nitrogens with zero attached hydrogens (tertiary/aromatic N) is 2. The topological polar surface area (TPSA) is 17.4 Å². The fourth-order valence-electron chi connectivity index (χ4n) is 4.35. The highest BCUT2D eigenvalue weighted by molar-refractivity contribution is 5.81. The highest BCUT2D eigenvalue weighted by atomic mass is 16.5. The van der Waals surface area contributed by atoms with Gasteiger partial charge in [-0.2, -0.15) is 0 Å². The number of aromatic nitrogens is 1. The third-order valence-corrected chi connectivity index (χ3v) is 6.08. The van der Waals surface area contributed by atoms with Crippen LogP contribution in [0.2, 0.25) is 0 Å². The molecule has 0 radical (unpaired) electrons. The van der Waals surface area contributed by atoms with Gasteiger partial charge in [0.1, 0.15) is 5.75 Å². The second-order valence-corrected chi connectivity index (χ2v) is 8.46. The second-order valence-electron chi connectivity index (χ2n) is 8.46. The lowest BCUT2D eigenvalue weighted by molar-refractivity contribution is 0.240. The number of fused-ring (bicyclic) bond motifs is 1. The lowest BCUT2D eigenvalue weighted by Crippen LogP contribution is -2.26. The van der Waals surface area contributed by atoms with Gasteiger partial charge >= 0.3 is 0 Å². The molecule has 0 unspecified atom stereocenters. The van der Waals surface area contributed by atoms with Gasteiger partial charge in [-0.25, -0.2) is 0 Å². The summed E-state index contributed by atoms with van der Waals surface area (Å²) in [6.45, 7) is 7.95. The van der Waals surface area contributed by atoms with Gasteiger partial charge in [0.05, 0.1) is 12.1 Å². The summed E-state index contributed by atoms with van der Waals surface area (Å²) in [5.74, 6) is 1.02. The van der Waals surface area contributed by atoms with E-state index in [0.29, 0.717) is 0 Å². The number of unbranched alkanes of at least 4 members (excludes halogenated alkanes) is 5. The molecule has 1 fully saturated rings. The van der Waals surface area contributed by atoms with Gasteiger partial charge < -0.3 is 14.2 Å². The van der Waals surface area contributed by atoms with E-state index in [2.05, 4.69) is 46.9 Å². The van der Waals surface area contributed by atoms with Crippen LogP contribution in [-0.4, -0.2) is 35.7 Å². The van der Waals surface area contributed by atoms with Gasteiger partial charge in [0.25, 0.3) is 0 Å². The molecule has 28 heavy (non-hydrogen) atoms. The summed E-state index contributed by atoms with van der Waals surface area (Å²) >= 11 is 0. The monoisotopic (exact) mass is 384 g/mol. The van der Waals surface area contributed by atoms with Crippen LogP contribution in [0.1, 0.15) is 77.6 Å². The van der Waals surface area contributed by atoms with E-state index in [1.807, 2.05) is 0 Å². The molecule has 1 saturated heterocycles. The van der Waals surface area contributed by atoms with Crippen LogP contribution in [0.25, 0.3) is 10.9 Å². The number of likely N-dealkylation sites (tertiary alicyclic amines) is 1. The van der Waals surface area contributed by atoms with Gasteiger partial charge in [0, 0.05) is 25.4 Å². The number of ether oxygens (including phenoxy) is 1. The van der Waals surface area contributed by atoms with E-state index >= 15 is 0 Å². The predicted octanol–water partition coefficient (Wildman–Crippen LogP) is 6.65. The minimum absolute atomic E-state index is 0.820. The second kappa shape index (κ2) is 12.2. The standard InChI is InChI=1S/C25H40N2O/c1-2-3-4-5-6-11-19-27-20-15-23-13-14-24(22-25(23)27)28-21-12-18-26-16-9-7-8-10-17-26/h13-15,20,22H,2-12,16-19,21H2,1H3. The predicted molar refractivity (Wildman–Crippen MR) is 120 cm³/mol. The Balaban J connectivity index is 1.42. The smallest absolute Gasteiger partial charge is 0.121 e. The van der Waals surface area contributed by atoms with Crippen LogP contribution >= 0.6 is 0 Å². The number of hydrogen-bond donors (Lipinski definition) is 0. The fraction of sp³-hybridized carbons (Fsp3) is 0.680. The van der Waals surface area contributed by atoms with Crippen molar-refractivity contribution in [2.45, 2.75) is 84.1 Å². The van der Waals surface area contributed by atoms with Crippen LogP contribution in [0.15, 0.2) is 30.5 Å². The first-order chi connectivity index (χ1) is 13.9. The van der Waals surface area contributed by atoms with Gasteiger partial charge in [-0.3, -0.25) is 0 Å². The lowest BCUT2D eigenvalue weighted by Gasteiger charge is -2.19. The largest absolute Gasteiger partial charge is 0.493 e. The van der Waals surface area contributed by atoms with E-state index in [9.17, 15) is 0 Å². The van der Waals surface area contributed by atoms with Crippen LogP contribution in [-0.2, 0) is 6.54 Å². The fourth-order valence-corrected chi connectivity index (χ4v) is 4.35. The molecule has 0 aliphatic carbocycles. The molecule has 2 aromatic rings. The Bertz CT molecular complexity index is 670. The molecule has 0 saturated carbocycles. The highest BCUT2D eigenvalue weighted by Crippen LogP contribution is 2.23. The summed E-state index contributed by atoms with van der Waals surface area (Å²) in [5, 5.41) is 1.32. The molecule has 3 heteroatoms. The maximum atomic E-state index is 6.09. The Hall–Kier alpha value is -1.48. The Labute approximate surface area is 172 Å². The Kier molecular flexibility index (Phi) is 9.22. The zero-order chi connectivity index (χ0) is 19.4. The van der Waals surface area contributed by atoms with Crippen LogP contribution < -0.4 is 4.74 Å². The molecule has 1 aromatic carbocycles. The first kappa shape index (κ1) is 21.2. The molecule has 1 aliphatic rings. The number of benzene rings is 1. The molecule has 0 N–H and O–H groups in total. The Morgan fingerprint density at radius 2 is 1.61 bits per heavy atom. The molecule has 156 valence electrons. The molecular weight excluding hydrogens is 344 g/mol. The van der Waals surface area contributed by atoms with E-state index in [-0.39, 0.29) is 0 Å². The third-order valence-electron chi connectivity index (χ3n) is 6.08. The average Bonchev–Trinajstić information content (AvgIpc) is 2.93. The average molecular weight is 385 g/mol. The summed E-state index contributed by atoms with van der Waals surface area (Å²) in [5.41, 5.74) is 1.32. The molecule has 3 rings (SSSR count). The Morgan fingerprint density at radius 3 is 2.43 bits per heavy atom. The zero-order valence-corrected chi connectivity index (χ0v) is 18.0. The summed E-state index contributed by atoms with van der Waals surface area (Å²) < 4.78 is 8.49. The molecule has 3 nitrogen and oxygen atoms in total. The van der Waals surface area contributed by atoms with Crippen molar-refractivity contribution < 1.29 is 4.74 Å². The lowest BCUT2D eigenvalue weighted by atomic mass is 10.1. The first-order valence-corrected chi connectivity index (χ1v) is 11.8. The minimum atomic E-state index is 0.820. The van der Waals surface area contributed by atoms with Crippen molar-refractivity contribution in [2.75, 3.05) is 26.2 Å². The van der Waals surface area contributed by atoms with E-state index in [1.54, 1.807) is 0 Å². The molecule has 0 atom stereocenters. The quantitative estimate of drug-likeness (QED) is 0.381. The van der Waals surface area contributed by atoms with Crippen molar-refractivity contribution in [2.24, 2.45) is 0 Å². The summed E-state index contributed by atoms with van der Waals surface area (Å²) in [6, 6.07) is 8.80. The molecule has 2 heterocycles. The van der Waals surface area contributed by atoms with Gasteiger partial charge in [0.2, 0.25) is 0 Å². The van der Waals surface area contributed by atoms with Crippen molar-refractivity contribution >= 4 is 10.9 Å². The molecule has 0 amide bonds. The SMILES string of the molecule is CCCCCCCCn1ccc2ccc(OCCCN3CCCCCC3)cc21. The maximum Gasteiger partial charge on any atom is 0.121 e. The van der Waals surface area contributed by atoms with Gasteiger partial charge in [0.15, 0.2) is 0 Å². The van der Waals surface area contributed by atoms with E-state index in [0.717, 1.165) is 25.3 Å². The normalized spacial score (nSPS) is 15.8. The van der Waals surface area contributed by atoms with E-state index in [4.69, 9.17) is 4.74 Å². The van der Waals surface area contributed by atoms with Crippen molar-refractivity contribution in [3.8, 4) is 5.75 Å². The minimum Gasteiger partial charge on any atom is -0.493 e. The third kappa shape index (κ3) is 6.84. The van der Waals surface area contributed by atoms with Gasteiger partial charge in [-0.05, 0) is 62.4 Å².